The van der Waals surface area contributed by atoms with Gasteiger partial charge in [0.05, 0.1) is 23.1 Å². The van der Waals surface area contributed by atoms with E-state index in [1.807, 2.05) is 31.3 Å². The topological polar surface area (TPSA) is 69.6 Å². The summed E-state index contributed by atoms with van der Waals surface area (Å²) >= 11 is 0. The van der Waals surface area contributed by atoms with E-state index in [9.17, 15) is 0 Å². The summed E-state index contributed by atoms with van der Waals surface area (Å²) in [5.74, 6) is 0. The first kappa shape index (κ1) is 12.7. The van der Waals surface area contributed by atoms with Gasteiger partial charge in [-0.25, -0.2) is 4.68 Å². The molecule has 0 bridgehead atoms. The normalized spacial score (nSPS) is 11.1. The molecule has 0 unspecified atom stereocenters. The minimum atomic E-state index is 0.669. The maximum Gasteiger partial charge on any atom is 0.0962 e. The molecule has 0 spiro atoms. The van der Waals surface area contributed by atoms with Crippen LogP contribution in [-0.2, 0) is 6.42 Å². The van der Waals surface area contributed by atoms with Crippen molar-refractivity contribution in [3.05, 3.63) is 47.9 Å². The third-order valence-electron chi connectivity index (χ3n) is 3.26. The molecule has 3 aromatic rings. The highest BCUT2D eigenvalue weighted by atomic mass is 15.4. The Morgan fingerprint density at radius 1 is 1.20 bits per heavy atom. The fourth-order valence-corrected chi connectivity index (χ4v) is 2.23. The summed E-state index contributed by atoms with van der Waals surface area (Å²) in [5, 5.41) is 9.50. The van der Waals surface area contributed by atoms with Crippen molar-refractivity contribution in [2.75, 3.05) is 6.54 Å². The highest BCUT2D eigenvalue weighted by molar-refractivity contribution is 5.86. The monoisotopic (exact) mass is 267 g/mol. The van der Waals surface area contributed by atoms with Crippen LogP contribution in [0.5, 0.6) is 0 Å². The summed E-state index contributed by atoms with van der Waals surface area (Å²) in [4.78, 5) is 4.61. The quantitative estimate of drug-likeness (QED) is 0.785. The van der Waals surface area contributed by atoms with Crippen LogP contribution in [0, 0.1) is 6.92 Å². The van der Waals surface area contributed by atoms with Crippen LogP contribution in [0.25, 0.3) is 16.6 Å². The Morgan fingerprint density at radius 2 is 2.10 bits per heavy atom. The second-order valence-corrected chi connectivity index (χ2v) is 4.85. The van der Waals surface area contributed by atoms with Crippen molar-refractivity contribution in [2.45, 2.75) is 19.8 Å². The summed E-state index contributed by atoms with van der Waals surface area (Å²) in [5.41, 5.74) is 9.38. The third-order valence-corrected chi connectivity index (χ3v) is 3.26. The van der Waals surface area contributed by atoms with Crippen molar-refractivity contribution in [3.63, 3.8) is 0 Å². The fourth-order valence-electron chi connectivity index (χ4n) is 2.23. The van der Waals surface area contributed by atoms with E-state index in [1.165, 1.54) is 0 Å². The Hall–Kier alpha value is -2.27. The summed E-state index contributed by atoms with van der Waals surface area (Å²) < 4.78 is 1.79. The second-order valence-electron chi connectivity index (χ2n) is 4.85. The molecule has 5 heteroatoms. The van der Waals surface area contributed by atoms with Crippen LogP contribution in [-0.4, -0.2) is 26.5 Å². The second kappa shape index (κ2) is 5.38. The zero-order valence-electron chi connectivity index (χ0n) is 11.5. The molecule has 20 heavy (non-hydrogen) atoms. The molecule has 0 aliphatic rings. The van der Waals surface area contributed by atoms with E-state index in [1.54, 1.807) is 4.68 Å². The molecule has 3 rings (SSSR count). The molecule has 0 aliphatic carbocycles. The van der Waals surface area contributed by atoms with E-state index in [-0.39, 0.29) is 0 Å². The first-order valence-electron chi connectivity index (χ1n) is 6.76. The van der Waals surface area contributed by atoms with Gasteiger partial charge in [0.25, 0.3) is 0 Å². The van der Waals surface area contributed by atoms with E-state index >= 15 is 0 Å². The zero-order chi connectivity index (χ0) is 13.9. The van der Waals surface area contributed by atoms with Crippen LogP contribution in [0.2, 0.25) is 0 Å². The molecule has 2 aromatic heterocycles. The molecule has 2 heterocycles. The van der Waals surface area contributed by atoms with Crippen LogP contribution in [0.4, 0.5) is 0 Å². The Labute approximate surface area is 117 Å². The van der Waals surface area contributed by atoms with Crippen molar-refractivity contribution in [1.82, 2.24) is 20.0 Å². The Kier molecular flexibility index (Phi) is 3.43. The summed E-state index contributed by atoms with van der Waals surface area (Å²) in [6.07, 6.45) is 3.73. The third kappa shape index (κ3) is 2.40. The Morgan fingerprint density at radius 3 is 2.95 bits per heavy atom. The average molecular weight is 267 g/mol. The lowest BCUT2D eigenvalue weighted by Crippen LogP contribution is -2.00. The van der Waals surface area contributed by atoms with Crippen molar-refractivity contribution in [3.8, 4) is 5.69 Å². The number of hydrogen-bond donors (Lipinski definition) is 1. The van der Waals surface area contributed by atoms with Gasteiger partial charge in [0, 0.05) is 11.1 Å². The van der Waals surface area contributed by atoms with Crippen molar-refractivity contribution < 1.29 is 0 Å². The first-order valence-corrected chi connectivity index (χ1v) is 6.76. The molecule has 0 fully saturated rings. The van der Waals surface area contributed by atoms with Crippen molar-refractivity contribution >= 4 is 10.9 Å². The molecular weight excluding hydrogens is 250 g/mol. The lowest BCUT2D eigenvalue weighted by molar-refractivity contribution is 0.780. The summed E-state index contributed by atoms with van der Waals surface area (Å²) in [6, 6.07) is 10.2. The van der Waals surface area contributed by atoms with E-state index in [0.29, 0.717) is 6.54 Å². The number of rotatable bonds is 4. The number of aromatic nitrogens is 4. The fraction of sp³-hybridized carbons (Fsp3) is 0.267. The summed E-state index contributed by atoms with van der Waals surface area (Å²) in [6.45, 7) is 2.66. The molecule has 5 nitrogen and oxygen atoms in total. The van der Waals surface area contributed by atoms with Gasteiger partial charge < -0.3 is 5.73 Å². The lowest BCUT2D eigenvalue weighted by Gasteiger charge is -2.05. The first-order chi connectivity index (χ1) is 9.78. The molecule has 0 saturated carbocycles. The highest BCUT2D eigenvalue weighted by Crippen LogP contribution is 2.20. The average Bonchev–Trinajstić information content (AvgIpc) is 2.93. The molecular formula is C15H17N5. The van der Waals surface area contributed by atoms with E-state index in [2.05, 4.69) is 27.4 Å². The van der Waals surface area contributed by atoms with E-state index in [0.717, 1.165) is 40.8 Å². The van der Waals surface area contributed by atoms with Gasteiger partial charge in [0.2, 0.25) is 0 Å². The smallest absolute Gasteiger partial charge is 0.0962 e. The lowest BCUT2D eigenvalue weighted by atomic mass is 10.2. The predicted octanol–water partition coefficient (Wildman–Crippen LogP) is 2.02. The zero-order valence-corrected chi connectivity index (χ0v) is 11.5. The highest BCUT2D eigenvalue weighted by Gasteiger charge is 2.07. The van der Waals surface area contributed by atoms with Crippen LogP contribution >= 0.6 is 0 Å². The van der Waals surface area contributed by atoms with Crippen molar-refractivity contribution in [2.24, 2.45) is 5.73 Å². The number of benzene rings is 1. The van der Waals surface area contributed by atoms with Crippen molar-refractivity contribution in [1.29, 1.82) is 0 Å². The number of pyridine rings is 1. The van der Waals surface area contributed by atoms with Gasteiger partial charge in [0.15, 0.2) is 0 Å². The Bertz CT molecular complexity index is 732. The van der Waals surface area contributed by atoms with Crippen LogP contribution in [0.15, 0.2) is 36.5 Å². The van der Waals surface area contributed by atoms with Gasteiger partial charge in [-0.1, -0.05) is 23.4 Å². The molecule has 0 atom stereocenters. The van der Waals surface area contributed by atoms with Gasteiger partial charge in [0.1, 0.15) is 0 Å². The molecule has 102 valence electrons. The molecule has 0 radical (unpaired) electrons. The Balaban J connectivity index is 2.05. The SMILES string of the molecule is Cc1ccc2cccc(-n3cc(CCCN)nn3)c2n1. The van der Waals surface area contributed by atoms with E-state index < -0.39 is 0 Å². The van der Waals surface area contributed by atoms with Gasteiger partial charge in [-0.05, 0) is 38.4 Å². The molecule has 0 amide bonds. The molecule has 0 saturated heterocycles. The number of nitrogens with two attached hydrogens (primary N) is 1. The standard InChI is InChI=1S/C15H17N5/c1-11-7-8-12-4-2-6-14(15(12)17-11)20-10-13(18-19-20)5-3-9-16/h2,4,6-8,10H,3,5,9,16H2,1H3. The maximum atomic E-state index is 5.52. The molecule has 1 aromatic carbocycles. The van der Waals surface area contributed by atoms with Gasteiger partial charge in [-0.3, -0.25) is 4.98 Å². The number of aryl methyl sites for hydroxylation is 2. The van der Waals surface area contributed by atoms with Gasteiger partial charge in [-0.2, -0.15) is 0 Å². The number of fused-ring (bicyclic) bond motifs is 1. The predicted molar refractivity (Wildman–Crippen MR) is 78.8 cm³/mol. The number of hydrogen-bond acceptors (Lipinski definition) is 4. The minimum absolute atomic E-state index is 0.669. The van der Waals surface area contributed by atoms with Gasteiger partial charge in [-0.15, -0.1) is 5.10 Å². The maximum absolute atomic E-state index is 5.52. The minimum Gasteiger partial charge on any atom is -0.330 e. The molecule has 2 N–H and O–H groups in total. The van der Waals surface area contributed by atoms with Gasteiger partial charge >= 0.3 is 0 Å². The molecule has 0 aliphatic heterocycles. The van der Waals surface area contributed by atoms with E-state index in [4.69, 9.17) is 5.73 Å². The number of para-hydroxylation sites is 1. The number of nitrogens with zero attached hydrogens (tertiary/aromatic N) is 4. The van der Waals surface area contributed by atoms with Crippen LogP contribution in [0.3, 0.4) is 0 Å². The van der Waals surface area contributed by atoms with Crippen LogP contribution < -0.4 is 5.73 Å². The van der Waals surface area contributed by atoms with Crippen LogP contribution in [0.1, 0.15) is 17.8 Å². The summed E-state index contributed by atoms with van der Waals surface area (Å²) in [7, 11) is 0. The largest absolute Gasteiger partial charge is 0.330 e.